The second-order valence-electron chi connectivity index (χ2n) is 5.12. The number of nitrogens with two attached hydrogens (primary N) is 1. The molecule has 1 aromatic heterocycles. The monoisotopic (exact) mass is 243 g/mol. The number of nitrogen functional groups attached to an aromatic ring is 1. The fourth-order valence-electron chi connectivity index (χ4n) is 2.20. The minimum Gasteiger partial charge on any atom is -0.506 e. The van der Waals surface area contributed by atoms with Crippen molar-refractivity contribution in [3.8, 4) is 16.9 Å². The van der Waals surface area contributed by atoms with E-state index in [1.807, 2.05) is 24.0 Å². The van der Waals surface area contributed by atoms with Crippen molar-refractivity contribution >= 4 is 5.69 Å². The Bertz CT molecular complexity index is 585. The molecule has 4 nitrogen and oxygen atoms in total. The van der Waals surface area contributed by atoms with Crippen molar-refractivity contribution in [3.63, 3.8) is 0 Å². The zero-order chi connectivity index (χ0) is 12.7. The summed E-state index contributed by atoms with van der Waals surface area (Å²) in [6.07, 6.45) is 6.52. The highest BCUT2D eigenvalue weighted by Crippen LogP contribution is 2.33. The van der Waals surface area contributed by atoms with Crippen LogP contribution in [0, 0.1) is 12.8 Å². The number of rotatable bonds is 3. The van der Waals surface area contributed by atoms with Crippen molar-refractivity contribution in [1.82, 2.24) is 9.78 Å². The summed E-state index contributed by atoms with van der Waals surface area (Å²) in [5, 5.41) is 14.1. The second-order valence-corrected chi connectivity index (χ2v) is 5.12. The molecular formula is C14H17N3O. The van der Waals surface area contributed by atoms with Crippen molar-refractivity contribution in [1.29, 1.82) is 0 Å². The summed E-state index contributed by atoms with van der Waals surface area (Å²) < 4.78 is 1.99. The van der Waals surface area contributed by atoms with Crippen LogP contribution in [-0.4, -0.2) is 14.9 Å². The van der Waals surface area contributed by atoms with Crippen LogP contribution < -0.4 is 5.73 Å². The lowest BCUT2D eigenvalue weighted by Crippen LogP contribution is -1.99. The molecule has 0 unspecified atom stereocenters. The van der Waals surface area contributed by atoms with E-state index in [-0.39, 0.29) is 5.75 Å². The molecule has 1 heterocycles. The Morgan fingerprint density at radius 2 is 2.22 bits per heavy atom. The van der Waals surface area contributed by atoms with E-state index in [4.69, 9.17) is 5.73 Å². The second kappa shape index (κ2) is 4.05. The van der Waals surface area contributed by atoms with Gasteiger partial charge in [-0.1, -0.05) is 0 Å². The molecule has 3 N–H and O–H groups in total. The van der Waals surface area contributed by atoms with Crippen LogP contribution in [0.25, 0.3) is 11.1 Å². The Hall–Kier alpha value is -1.97. The van der Waals surface area contributed by atoms with Gasteiger partial charge in [0.25, 0.3) is 0 Å². The fourth-order valence-corrected chi connectivity index (χ4v) is 2.20. The Balaban J connectivity index is 1.93. The molecule has 0 saturated heterocycles. The summed E-state index contributed by atoms with van der Waals surface area (Å²) in [6.45, 7) is 2.99. The molecule has 0 atom stereocenters. The first-order valence-corrected chi connectivity index (χ1v) is 6.25. The number of hydrogen-bond acceptors (Lipinski definition) is 3. The molecule has 94 valence electrons. The predicted molar refractivity (Wildman–Crippen MR) is 71.2 cm³/mol. The van der Waals surface area contributed by atoms with Gasteiger partial charge >= 0.3 is 0 Å². The first-order chi connectivity index (χ1) is 8.63. The lowest BCUT2D eigenvalue weighted by Gasteiger charge is -2.06. The van der Waals surface area contributed by atoms with Gasteiger partial charge in [-0.25, -0.2) is 0 Å². The van der Waals surface area contributed by atoms with Gasteiger partial charge in [0.05, 0.1) is 11.9 Å². The van der Waals surface area contributed by atoms with Crippen molar-refractivity contribution < 1.29 is 5.11 Å². The minimum atomic E-state index is 0.130. The van der Waals surface area contributed by atoms with Gasteiger partial charge < -0.3 is 10.8 Å². The summed E-state index contributed by atoms with van der Waals surface area (Å²) >= 11 is 0. The Labute approximate surface area is 106 Å². The zero-order valence-electron chi connectivity index (χ0n) is 10.4. The molecule has 1 fully saturated rings. The molecule has 1 aromatic carbocycles. The van der Waals surface area contributed by atoms with Gasteiger partial charge in [0.1, 0.15) is 5.75 Å². The van der Waals surface area contributed by atoms with Crippen LogP contribution in [-0.2, 0) is 6.54 Å². The molecule has 1 aliphatic rings. The van der Waals surface area contributed by atoms with E-state index < -0.39 is 0 Å². The van der Waals surface area contributed by atoms with E-state index in [1.54, 1.807) is 12.1 Å². The van der Waals surface area contributed by atoms with E-state index in [9.17, 15) is 5.11 Å². The number of aromatic hydroxyl groups is 1. The van der Waals surface area contributed by atoms with Gasteiger partial charge in [0, 0.05) is 18.3 Å². The third-order valence-corrected chi connectivity index (χ3v) is 3.46. The van der Waals surface area contributed by atoms with E-state index in [1.165, 1.54) is 12.8 Å². The topological polar surface area (TPSA) is 64.1 Å². The molecule has 1 aliphatic carbocycles. The maximum atomic E-state index is 9.70. The Morgan fingerprint density at radius 1 is 1.44 bits per heavy atom. The number of phenolic OH excluding ortho intramolecular Hbond substituents is 1. The van der Waals surface area contributed by atoms with Crippen molar-refractivity contribution in [2.24, 2.45) is 5.92 Å². The average molecular weight is 243 g/mol. The summed E-state index contributed by atoms with van der Waals surface area (Å²) in [5.74, 6) is 0.934. The summed E-state index contributed by atoms with van der Waals surface area (Å²) in [6, 6.07) is 3.51. The van der Waals surface area contributed by atoms with Crippen LogP contribution in [0.4, 0.5) is 5.69 Å². The van der Waals surface area contributed by atoms with Crippen LogP contribution in [0.2, 0.25) is 0 Å². The van der Waals surface area contributed by atoms with Gasteiger partial charge in [0.15, 0.2) is 0 Å². The number of phenols is 1. The third-order valence-electron chi connectivity index (χ3n) is 3.46. The summed E-state index contributed by atoms with van der Waals surface area (Å²) in [7, 11) is 0. The molecule has 4 heteroatoms. The summed E-state index contributed by atoms with van der Waals surface area (Å²) in [4.78, 5) is 0. The fraction of sp³-hybridized carbons (Fsp3) is 0.357. The normalized spacial score (nSPS) is 14.9. The maximum absolute atomic E-state index is 9.70. The first-order valence-electron chi connectivity index (χ1n) is 6.25. The van der Waals surface area contributed by atoms with E-state index in [0.717, 1.165) is 29.2 Å². The van der Waals surface area contributed by atoms with E-state index in [0.29, 0.717) is 5.69 Å². The lowest BCUT2D eigenvalue weighted by molar-refractivity contribution is 0.478. The molecule has 18 heavy (non-hydrogen) atoms. The molecule has 0 amide bonds. The van der Waals surface area contributed by atoms with Gasteiger partial charge in [-0.05, 0) is 48.9 Å². The van der Waals surface area contributed by atoms with Gasteiger partial charge in [-0.2, -0.15) is 5.10 Å². The molecule has 0 bridgehead atoms. The lowest BCUT2D eigenvalue weighted by atomic mass is 10.0. The van der Waals surface area contributed by atoms with E-state index in [2.05, 4.69) is 5.10 Å². The van der Waals surface area contributed by atoms with Crippen LogP contribution >= 0.6 is 0 Å². The minimum absolute atomic E-state index is 0.130. The van der Waals surface area contributed by atoms with E-state index >= 15 is 0 Å². The molecule has 3 rings (SSSR count). The number of aryl methyl sites for hydroxylation is 1. The standard InChI is InChI=1S/C14H17N3O/c1-9-4-13(15)14(18)5-12(9)11-6-16-17(8-11)7-10-2-3-10/h4-6,8,10,18H,2-3,7,15H2,1H3. The number of nitrogens with zero attached hydrogens (tertiary/aromatic N) is 2. The highest BCUT2D eigenvalue weighted by atomic mass is 16.3. The molecule has 2 aromatic rings. The third kappa shape index (κ3) is 2.06. The van der Waals surface area contributed by atoms with Crippen molar-refractivity contribution in [3.05, 3.63) is 30.1 Å². The molecular weight excluding hydrogens is 226 g/mol. The number of aromatic nitrogens is 2. The molecule has 1 saturated carbocycles. The van der Waals surface area contributed by atoms with Crippen molar-refractivity contribution in [2.45, 2.75) is 26.3 Å². The quantitative estimate of drug-likeness (QED) is 0.643. The highest BCUT2D eigenvalue weighted by Gasteiger charge is 2.22. The Kier molecular flexibility index (Phi) is 2.51. The van der Waals surface area contributed by atoms with Crippen LogP contribution in [0.1, 0.15) is 18.4 Å². The maximum Gasteiger partial charge on any atom is 0.139 e. The summed E-state index contributed by atoms with van der Waals surface area (Å²) in [5.41, 5.74) is 9.17. The van der Waals surface area contributed by atoms with Gasteiger partial charge in [-0.3, -0.25) is 4.68 Å². The number of benzene rings is 1. The van der Waals surface area contributed by atoms with Gasteiger partial charge in [0.2, 0.25) is 0 Å². The highest BCUT2D eigenvalue weighted by molar-refractivity contribution is 5.72. The molecule has 0 aliphatic heterocycles. The zero-order valence-corrected chi connectivity index (χ0v) is 10.4. The first kappa shape index (κ1) is 11.1. The number of hydrogen-bond donors (Lipinski definition) is 2. The van der Waals surface area contributed by atoms with Crippen LogP contribution in [0.3, 0.4) is 0 Å². The molecule has 0 radical (unpaired) electrons. The van der Waals surface area contributed by atoms with Crippen LogP contribution in [0.15, 0.2) is 24.5 Å². The van der Waals surface area contributed by atoms with Crippen molar-refractivity contribution in [2.75, 3.05) is 5.73 Å². The number of anilines is 1. The van der Waals surface area contributed by atoms with Crippen LogP contribution in [0.5, 0.6) is 5.75 Å². The predicted octanol–water partition coefficient (Wildman–Crippen LogP) is 2.56. The largest absolute Gasteiger partial charge is 0.506 e. The smallest absolute Gasteiger partial charge is 0.139 e. The average Bonchev–Trinajstić information content (AvgIpc) is 3.01. The Morgan fingerprint density at radius 3 is 2.94 bits per heavy atom. The van der Waals surface area contributed by atoms with Gasteiger partial charge in [-0.15, -0.1) is 0 Å². The SMILES string of the molecule is Cc1cc(N)c(O)cc1-c1cnn(CC2CC2)c1. The molecule has 0 spiro atoms.